The van der Waals surface area contributed by atoms with Gasteiger partial charge in [-0.05, 0) is 30.5 Å². The zero-order valence-corrected chi connectivity index (χ0v) is 10.3. The molecule has 3 N–H and O–H groups in total. The van der Waals surface area contributed by atoms with Gasteiger partial charge in [-0.3, -0.25) is 4.79 Å². The third kappa shape index (κ3) is 2.07. The fourth-order valence-electron chi connectivity index (χ4n) is 2.62. The summed E-state index contributed by atoms with van der Waals surface area (Å²) < 4.78 is 0. The van der Waals surface area contributed by atoms with Crippen LogP contribution in [-0.2, 0) is 4.79 Å². The van der Waals surface area contributed by atoms with E-state index in [1.807, 2.05) is 0 Å². The van der Waals surface area contributed by atoms with Crippen molar-refractivity contribution in [3.8, 4) is 5.75 Å². The van der Waals surface area contributed by atoms with Gasteiger partial charge in [0.2, 0.25) is 0 Å². The summed E-state index contributed by atoms with van der Waals surface area (Å²) in [7, 11) is 0. The van der Waals surface area contributed by atoms with E-state index >= 15 is 0 Å². The number of hydrogen-bond acceptors (Lipinski definition) is 3. The van der Waals surface area contributed by atoms with Crippen LogP contribution in [0, 0.1) is 0 Å². The van der Waals surface area contributed by atoms with E-state index in [9.17, 15) is 14.7 Å². The maximum absolute atomic E-state index is 12.1. The van der Waals surface area contributed by atoms with Crippen LogP contribution in [0.1, 0.15) is 30.9 Å². The van der Waals surface area contributed by atoms with Crippen LogP contribution in [0.15, 0.2) is 35.5 Å². The number of Topliss-reactive ketones (excluding diaryl/α,β-unsaturated/α-hetero) is 1. The molecule has 1 aromatic carbocycles. The molecule has 0 aromatic heterocycles. The summed E-state index contributed by atoms with van der Waals surface area (Å²) in [5.41, 5.74) is 2.19. The molecule has 3 rings (SSSR count). The molecule has 1 aliphatic carbocycles. The highest BCUT2D eigenvalue weighted by Gasteiger charge is 2.34. The Bertz CT molecular complexity index is 575. The molecule has 1 heterocycles. The molecule has 1 aliphatic heterocycles. The molecule has 1 unspecified atom stereocenters. The quantitative estimate of drug-likeness (QED) is 0.718. The van der Waals surface area contributed by atoms with E-state index in [-0.39, 0.29) is 17.6 Å². The smallest absolute Gasteiger partial charge is 0.319 e. The van der Waals surface area contributed by atoms with Gasteiger partial charge >= 0.3 is 6.03 Å². The second-order valence-corrected chi connectivity index (χ2v) is 4.79. The first-order valence-electron chi connectivity index (χ1n) is 6.28. The highest BCUT2D eigenvalue weighted by atomic mass is 16.3. The topological polar surface area (TPSA) is 78.4 Å². The molecule has 1 atom stereocenters. The fourth-order valence-corrected chi connectivity index (χ4v) is 2.62. The molecule has 0 fully saturated rings. The van der Waals surface area contributed by atoms with E-state index in [0.717, 1.165) is 24.1 Å². The molecule has 5 nitrogen and oxygen atoms in total. The molecule has 0 bridgehead atoms. The maximum atomic E-state index is 12.1. The number of aromatic hydroxyl groups is 1. The predicted molar refractivity (Wildman–Crippen MR) is 68.4 cm³/mol. The summed E-state index contributed by atoms with van der Waals surface area (Å²) in [4.78, 5) is 23.7. The Morgan fingerprint density at radius 3 is 2.58 bits per heavy atom. The SMILES string of the molecule is O=C1NC2=C(C(=O)CCC2)C(c2ccc(O)cc2)N1. The first-order chi connectivity index (χ1) is 9.15. The summed E-state index contributed by atoms with van der Waals surface area (Å²) in [5, 5.41) is 14.8. The number of allylic oxidation sites excluding steroid dienone is 1. The number of amides is 2. The van der Waals surface area contributed by atoms with E-state index in [4.69, 9.17) is 0 Å². The van der Waals surface area contributed by atoms with Gasteiger partial charge in [0.15, 0.2) is 5.78 Å². The Kier molecular flexibility index (Phi) is 2.74. The van der Waals surface area contributed by atoms with E-state index in [1.165, 1.54) is 0 Å². The van der Waals surface area contributed by atoms with Gasteiger partial charge in [0.05, 0.1) is 6.04 Å². The van der Waals surface area contributed by atoms with Crippen LogP contribution in [0.2, 0.25) is 0 Å². The summed E-state index contributed by atoms with van der Waals surface area (Å²) in [5.74, 6) is 0.236. The van der Waals surface area contributed by atoms with Crippen molar-refractivity contribution in [1.29, 1.82) is 0 Å². The second-order valence-electron chi connectivity index (χ2n) is 4.79. The van der Waals surface area contributed by atoms with Crippen molar-refractivity contribution in [1.82, 2.24) is 10.6 Å². The Morgan fingerprint density at radius 2 is 1.84 bits per heavy atom. The lowest BCUT2D eigenvalue weighted by atomic mass is 9.85. The van der Waals surface area contributed by atoms with E-state index in [0.29, 0.717) is 12.0 Å². The van der Waals surface area contributed by atoms with Crippen LogP contribution in [0.25, 0.3) is 0 Å². The Labute approximate surface area is 110 Å². The van der Waals surface area contributed by atoms with Crippen molar-refractivity contribution in [2.45, 2.75) is 25.3 Å². The number of carbonyl (C=O) groups excluding carboxylic acids is 2. The van der Waals surface area contributed by atoms with E-state index in [2.05, 4.69) is 10.6 Å². The molecule has 1 aromatic rings. The lowest BCUT2D eigenvalue weighted by molar-refractivity contribution is -0.116. The lowest BCUT2D eigenvalue weighted by Gasteiger charge is -2.32. The highest BCUT2D eigenvalue weighted by molar-refractivity contribution is 6.00. The van der Waals surface area contributed by atoms with Crippen LogP contribution in [0.5, 0.6) is 5.75 Å². The molecule has 19 heavy (non-hydrogen) atoms. The van der Waals surface area contributed by atoms with Crippen LogP contribution in [0.4, 0.5) is 4.79 Å². The fraction of sp³-hybridized carbons (Fsp3) is 0.286. The molecule has 0 saturated heterocycles. The van der Waals surface area contributed by atoms with Crippen LogP contribution in [0.3, 0.4) is 0 Å². The molecule has 0 radical (unpaired) electrons. The largest absolute Gasteiger partial charge is 0.508 e. The van der Waals surface area contributed by atoms with Crippen molar-refractivity contribution in [2.75, 3.05) is 0 Å². The molecular weight excluding hydrogens is 244 g/mol. The van der Waals surface area contributed by atoms with Gasteiger partial charge in [-0.1, -0.05) is 12.1 Å². The normalized spacial score (nSPS) is 22.6. The van der Waals surface area contributed by atoms with Gasteiger partial charge in [-0.25, -0.2) is 4.79 Å². The standard InChI is InChI=1S/C14H14N2O3/c17-9-6-4-8(5-7-9)13-12-10(15-14(19)16-13)2-1-3-11(12)18/h4-7,13,17H,1-3H2,(H2,15,16,19). The van der Waals surface area contributed by atoms with Gasteiger partial charge in [0.1, 0.15) is 5.75 Å². The molecule has 2 amide bonds. The number of benzene rings is 1. The summed E-state index contributed by atoms with van der Waals surface area (Å²) in [6, 6.07) is 5.84. The average Bonchev–Trinajstić information content (AvgIpc) is 2.38. The number of urea groups is 1. The highest BCUT2D eigenvalue weighted by Crippen LogP contribution is 2.33. The number of nitrogens with one attached hydrogen (secondary N) is 2. The van der Waals surface area contributed by atoms with Crippen molar-refractivity contribution >= 4 is 11.8 Å². The van der Waals surface area contributed by atoms with Crippen molar-refractivity contribution in [3.63, 3.8) is 0 Å². The van der Waals surface area contributed by atoms with Crippen molar-refractivity contribution < 1.29 is 14.7 Å². The minimum Gasteiger partial charge on any atom is -0.508 e. The number of phenolic OH excluding ortho intramolecular Hbond substituents is 1. The predicted octanol–water partition coefficient (Wildman–Crippen LogP) is 1.75. The molecule has 0 saturated carbocycles. The Hall–Kier alpha value is -2.30. The molecule has 5 heteroatoms. The van der Waals surface area contributed by atoms with Gasteiger partial charge < -0.3 is 15.7 Å². The summed E-state index contributed by atoms with van der Waals surface area (Å²) in [6.45, 7) is 0. The van der Waals surface area contributed by atoms with E-state index in [1.54, 1.807) is 24.3 Å². The number of rotatable bonds is 1. The van der Waals surface area contributed by atoms with Crippen molar-refractivity contribution in [3.05, 3.63) is 41.1 Å². The first-order valence-corrected chi connectivity index (χ1v) is 6.28. The number of phenols is 1. The minimum absolute atomic E-state index is 0.0758. The monoisotopic (exact) mass is 258 g/mol. The Balaban J connectivity index is 2.05. The molecular formula is C14H14N2O3. The molecule has 98 valence electrons. The maximum Gasteiger partial charge on any atom is 0.319 e. The van der Waals surface area contributed by atoms with Gasteiger partial charge in [0.25, 0.3) is 0 Å². The van der Waals surface area contributed by atoms with Gasteiger partial charge in [-0.2, -0.15) is 0 Å². The van der Waals surface area contributed by atoms with Crippen LogP contribution in [-0.4, -0.2) is 16.9 Å². The Morgan fingerprint density at radius 1 is 1.11 bits per heavy atom. The van der Waals surface area contributed by atoms with Crippen LogP contribution < -0.4 is 10.6 Å². The molecule has 0 spiro atoms. The van der Waals surface area contributed by atoms with Gasteiger partial charge in [0, 0.05) is 17.7 Å². The van der Waals surface area contributed by atoms with Crippen molar-refractivity contribution in [2.24, 2.45) is 0 Å². The molecule has 2 aliphatic rings. The third-order valence-corrected chi connectivity index (χ3v) is 3.51. The lowest BCUT2D eigenvalue weighted by Crippen LogP contribution is -2.46. The average molecular weight is 258 g/mol. The number of carbonyl (C=O) groups is 2. The number of hydrogen-bond donors (Lipinski definition) is 3. The zero-order valence-electron chi connectivity index (χ0n) is 10.3. The minimum atomic E-state index is -0.419. The number of ketones is 1. The first kappa shape index (κ1) is 11.8. The zero-order chi connectivity index (χ0) is 13.4. The summed E-state index contributed by atoms with van der Waals surface area (Å²) in [6.07, 6.45) is 2.02. The van der Waals surface area contributed by atoms with Crippen LogP contribution >= 0.6 is 0 Å². The van der Waals surface area contributed by atoms with E-state index < -0.39 is 6.04 Å². The second kappa shape index (κ2) is 4.42. The summed E-state index contributed by atoms with van der Waals surface area (Å²) >= 11 is 0. The third-order valence-electron chi connectivity index (χ3n) is 3.51. The van der Waals surface area contributed by atoms with Gasteiger partial charge in [-0.15, -0.1) is 0 Å².